The molecule has 3 heterocycles. The lowest BCUT2D eigenvalue weighted by atomic mass is 10.1. The van der Waals surface area contributed by atoms with E-state index < -0.39 is 34.3 Å². The van der Waals surface area contributed by atoms with Gasteiger partial charge in [0.15, 0.2) is 5.03 Å². The van der Waals surface area contributed by atoms with Crippen LogP contribution in [0.1, 0.15) is 0 Å². The Morgan fingerprint density at radius 2 is 1.53 bits per heavy atom. The molecule has 12 nitrogen and oxygen atoms in total. The number of hydrogen-bond donors (Lipinski definition) is 2. The molecule has 1 aromatic heterocycles. The van der Waals surface area contributed by atoms with Crippen molar-refractivity contribution in [1.82, 2.24) is 18.8 Å². The van der Waals surface area contributed by atoms with E-state index in [9.17, 15) is 34.8 Å². The molecule has 2 atom stereocenters. The number of imidazole rings is 1. The zero-order chi connectivity index (χ0) is 27.9. The van der Waals surface area contributed by atoms with Gasteiger partial charge >= 0.3 is 24.3 Å². The summed E-state index contributed by atoms with van der Waals surface area (Å²) in [7, 11) is -0.103. The molecule has 2 fully saturated rings. The number of carbonyl (C=O) groups is 2. The lowest BCUT2D eigenvalue weighted by molar-refractivity contribution is -0.193. The van der Waals surface area contributed by atoms with E-state index in [2.05, 4.69) is 9.88 Å². The number of carboxylic acids is 2. The normalized spacial score (nSPS) is 21.0. The number of nitrogens with zero attached hydrogens (tertiary/aromatic N) is 4. The van der Waals surface area contributed by atoms with Gasteiger partial charge in [0.25, 0.3) is 10.0 Å². The number of aromatic nitrogens is 2. The van der Waals surface area contributed by atoms with Crippen LogP contribution in [0, 0.1) is 0 Å². The fourth-order valence-corrected chi connectivity index (χ4v) is 4.58. The van der Waals surface area contributed by atoms with Gasteiger partial charge in [0.2, 0.25) is 0 Å². The van der Waals surface area contributed by atoms with Crippen LogP contribution in [0.2, 0.25) is 0 Å². The number of aliphatic carboxylic acids is 2. The van der Waals surface area contributed by atoms with Gasteiger partial charge in [-0.2, -0.15) is 30.6 Å². The van der Waals surface area contributed by atoms with Crippen LogP contribution in [-0.4, -0.2) is 120 Å². The average molecular weight is 558 g/mol. The highest BCUT2D eigenvalue weighted by Gasteiger charge is 2.43. The highest BCUT2D eigenvalue weighted by molar-refractivity contribution is 7.89. The summed E-state index contributed by atoms with van der Waals surface area (Å²) in [4.78, 5) is 24.1. The Bertz CT molecular complexity index is 947. The van der Waals surface area contributed by atoms with Gasteiger partial charge < -0.3 is 24.3 Å². The minimum absolute atomic E-state index is 0.0705. The molecule has 2 unspecified atom stereocenters. The molecule has 0 aliphatic carbocycles. The number of morpholine rings is 1. The molecule has 3 rings (SSSR count). The molecule has 2 aliphatic heterocycles. The van der Waals surface area contributed by atoms with E-state index >= 15 is 0 Å². The average Bonchev–Trinajstić information content (AvgIpc) is 3.18. The SMILES string of the molecule is COCCN1C2COCC1CN(S(=O)(=O)c1cn(C)cn1)C2.O=C(O)C(F)(F)F.O=C(O)C(F)(F)F. The zero-order valence-electron chi connectivity index (χ0n) is 18.9. The molecule has 2 saturated heterocycles. The Hall–Kier alpha value is -2.48. The molecule has 0 saturated carbocycles. The topological polar surface area (TPSA) is 152 Å². The van der Waals surface area contributed by atoms with Gasteiger partial charge in [-0.3, -0.25) is 4.90 Å². The van der Waals surface area contributed by atoms with E-state index in [1.165, 1.54) is 10.6 Å². The van der Waals surface area contributed by atoms with Gasteiger partial charge in [0.05, 0.1) is 26.1 Å². The largest absolute Gasteiger partial charge is 0.490 e. The first-order valence-corrected chi connectivity index (χ1v) is 11.3. The molecule has 208 valence electrons. The quantitative estimate of drug-likeness (QED) is 0.486. The smallest absolute Gasteiger partial charge is 0.475 e. The summed E-state index contributed by atoms with van der Waals surface area (Å²) in [5.74, 6) is -5.51. The van der Waals surface area contributed by atoms with Crippen molar-refractivity contribution in [2.75, 3.05) is 46.6 Å². The zero-order valence-corrected chi connectivity index (χ0v) is 19.7. The van der Waals surface area contributed by atoms with Crippen molar-refractivity contribution in [3.8, 4) is 0 Å². The molecular weight excluding hydrogens is 534 g/mol. The van der Waals surface area contributed by atoms with Crippen molar-refractivity contribution >= 4 is 22.0 Å². The molecule has 2 aliphatic rings. The van der Waals surface area contributed by atoms with Gasteiger partial charge in [0.1, 0.15) is 0 Å². The van der Waals surface area contributed by atoms with Crippen LogP contribution in [0.5, 0.6) is 0 Å². The first-order chi connectivity index (χ1) is 16.4. The number of rotatable bonds is 5. The molecule has 19 heteroatoms. The minimum Gasteiger partial charge on any atom is -0.475 e. The number of hydrogen-bond acceptors (Lipinski definition) is 8. The summed E-state index contributed by atoms with van der Waals surface area (Å²) in [6.45, 7) is 3.40. The molecule has 0 amide bonds. The number of aryl methyl sites for hydroxylation is 1. The van der Waals surface area contributed by atoms with Crippen LogP contribution < -0.4 is 0 Å². The second-order valence-corrected chi connectivity index (χ2v) is 9.27. The molecule has 0 radical (unpaired) electrons. The number of halogens is 6. The van der Waals surface area contributed by atoms with Crippen molar-refractivity contribution in [2.45, 2.75) is 29.5 Å². The van der Waals surface area contributed by atoms with Gasteiger partial charge in [-0.25, -0.2) is 23.0 Å². The minimum atomic E-state index is -5.08. The molecule has 0 spiro atoms. The third-order valence-electron chi connectivity index (χ3n) is 4.71. The second kappa shape index (κ2) is 12.7. The predicted molar refractivity (Wildman–Crippen MR) is 106 cm³/mol. The van der Waals surface area contributed by atoms with Crippen molar-refractivity contribution in [2.24, 2.45) is 7.05 Å². The maximum atomic E-state index is 12.7. The highest BCUT2D eigenvalue weighted by atomic mass is 32.2. The molecule has 2 bridgehead atoms. The van der Waals surface area contributed by atoms with Crippen molar-refractivity contribution in [3.63, 3.8) is 0 Å². The van der Waals surface area contributed by atoms with Crippen LogP contribution in [0.3, 0.4) is 0 Å². The van der Waals surface area contributed by atoms with E-state index in [0.717, 1.165) is 6.54 Å². The van der Waals surface area contributed by atoms with Crippen LogP contribution in [0.4, 0.5) is 26.3 Å². The maximum absolute atomic E-state index is 12.7. The number of methoxy groups -OCH3 is 1. The van der Waals surface area contributed by atoms with E-state index in [4.69, 9.17) is 29.3 Å². The van der Waals surface area contributed by atoms with Crippen molar-refractivity contribution in [3.05, 3.63) is 12.5 Å². The second-order valence-electron chi connectivity index (χ2n) is 7.38. The van der Waals surface area contributed by atoms with Gasteiger partial charge in [0, 0.05) is 52.1 Å². The highest BCUT2D eigenvalue weighted by Crippen LogP contribution is 2.25. The van der Waals surface area contributed by atoms with Crippen LogP contribution in [0.15, 0.2) is 17.6 Å². The number of ether oxygens (including phenoxy) is 2. The Labute approximate surface area is 201 Å². The first kappa shape index (κ1) is 31.5. The van der Waals surface area contributed by atoms with Crippen molar-refractivity contribution in [1.29, 1.82) is 0 Å². The van der Waals surface area contributed by atoms with E-state index in [1.807, 2.05) is 0 Å². The fraction of sp³-hybridized carbons (Fsp3) is 0.706. The molecule has 36 heavy (non-hydrogen) atoms. The fourth-order valence-electron chi connectivity index (χ4n) is 3.10. The van der Waals surface area contributed by atoms with Gasteiger partial charge in [-0.05, 0) is 0 Å². The molecular formula is C17H24F6N4O8S. The number of alkyl halides is 6. The summed E-state index contributed by atoms with van der Waals surface area (Å²) in [6.07, 6.45) is -7.12. The predicted octanol–water partition coefficient (Wildman–Crippen LogP) is 0.407. The van der Waals surface area contributed by atoms with E-state index in [1.54, 1.807) is 24.9 Å². The molecule has 0 aromatic carbocycles. The summed E-state index contributed by atoms with van der Waals surface area (Å²) in [5.41, 5.74) is 0. The summed E-state index contributed by atoms with van der Waals surface area (Å²) >= 11 is 0. The van der Waals surface area contributed by atoms with E-state index in [-0.39, 0.29) is 17.1 Å². The van der Waals surface area contributed by atoms with Crippen molar-refractivity contribution < 1.29 is 64.0 Å². The Morgan fingerprint density at radius 3 is 1.86 bits per heavy atom. The standard InChI is InChI=1S/C13H22N4O4S.2C2HF3O2/c1-15-7-13(14-10-15)22(18,19)16-5-11-8-21-9-12(6-16)17(11)3-4-20-2;2*3-2(4,5)1(6)7/h7,10-12H,3-6,8-9H2,1-2H3;2*(H,6,7). The van der Waals surface area contributed by atoms with E-state index in [0.29, 0.717) is 32.9 Å². The summed E-state index contributed by atoms with van der Waals surface area (Å²) in [6, 6.07) is 0.141. The first-order valence-electron chi connectivity index (χ1n) is 9.82. The summed E-state index contributed by atoms with van der Waals surface area (Å²) in [5, 5.41) is 14.4. The lowest BCUT2D eigenvalue weighted by Gasteiger charge is -2.48. The number of piperazine rings is 1. The Balaban J connectivity index is 0.000000383. The Morgan fingerprint density at radius 1 is 1.08 bits per heavy atom. The molecule has 2 N–H and O–H groups in total. The lowest BCUT2D eigenvalue weighted by Crippen LogP contribution is -2.65. The van der Waals surface area contributed by atoms with Crippen LogP contribution >= 0.6 is 0 Å². The third-order valence-corrected chi connectivity index (χ3v) is 6.43. The number of fused-ring (bicyclic) bond motifs is 2. The molecule has 1 aromatic rings. The summed E-state index contributed by atoms with van der Waals surface area (Å²) < 4.78 is 103. The number of carboxylic acid groups (broad SMARTS) is 2. The van der Waals surface area contributed by atoms with Gasteiger partial charge in [-0.15, -0.1) is 0 Å². The maximum Gasteiger partial charge on any atom is 0.490 e. The van der Waals surface area contributed by atoms with Gasteiger partial charge in [-0.1, -0.05) is 0 Å². The number of sulfonamides is 1. The third kappa shape index (κ3) is 9.19. The van der Waals surface area contributed by atoms with Crippen LogP contribution in [-0.2, 0) is 36.1 Å². The van der Waals surface area contributed by atoms with Crippen LogP contribution in [0.25, 0.3) is 0 Å². The monoisotopic (exact) mass is 558 g/mol. The Kier molecular flexibility index (Phi) is 11.1.